The number of methoxy groups -OCH3 is 1. The van der Waals surface area contributed by atoms with Gasteiger partial charge in [0.2, 0.25) is 0 Å². The highest BCUT2D eigenvalue weighted by Gasteiger charge is 2.28. The summed E-state index contributed by atoms with van der Waals surface area (Å²) in [5, 5.41) is 11.8. The molecule has 1 N–H and O–H groups in total. The summed E-state index contributed by atoms with van der Waals surface area (Å²) in [6.45, 7) is 0. The first-order chi connectivity index (χ1) is 9.60. The number of hydrogen-bond acceptors (Lipinski definition) is 3. The van der Waals surface area contributed by atoms with Gasteiger partial charge in [-0.1, -0.05) is 18.2 Å². The summed E-state index contributed by atoms with van der Waals surface area (Å²) < 4.78 is 5.19. The number of carbonyl (C=O) groups is 1. The molecule has 0 aromatic heterocycles. The zero-order chi connectivity index (χ0) is 14.3. The largest absolute Gasteiger partial charge is 0.497 e. The van der Waals surface area contributed by atoms with Crippen LogP contribution >= 0.6 is 0 Å². The number of aliphatic hydroxyl groups is 1. The highest BCUT2D eigenvalue weighted by molar-refractivity contribution is 6.22. The Morgan fingerprint density at radius 1 is 1.15 bits per heavy atom. The molecular weight excluding hydrogens is 254 g/mol. The van der Waals surface area contributed by atoms with Crippen molar-refractivity contribution in [1.82, 2.24) is 4.90 Å². The number of carbonyl (C=O) groups excluding carboxylic acids is 1. The summed E-state index contributed by atoms with van der Waals surface area (Å²) in [5.74, 6) is 0.641. The maximum atomic E-state index is 12.0. The number of fused-ring (bicyclic) bond motifs is 1. The van der Waals surface area contributed by atoms with Crippen LogP contribution in [0.1, 0.15) is 5.56 Å². The molecule has 3 rings (SSSR count). The van der Waals surface area contributed by atoms with Gasteiger partial charge in [-0.3, -0.25) is 4.79 Å². The Bertz CT molecular complexity index is 721. The van der Waals surface area contributed by atoms with E-state index < -0.39 is 6.23 Å². The van der Waals surface area contributed by atoms with Gasteiger partial charge in [0.1, 0.15) is 12.0 Å². The van der Waals surface area contributed by atoms with Gasteiger partial charge in [-0.05, 0) is 40.6 Å². The van der Waals surface area contributed by atoms with Gasteiger partial charge in [0.25, 0.3) is 5.91 Å². The van der Waals surface area contributed by atoms with Gasteiger partial charge in [0, 0.05) is 12.6 Å². The van der Waals surface area contributed by atoms with Crippen LogP contribution in [0.25, 0.3) is 16.3 Å². The third kappa shape index (κ3) is 1.94. The van der Waals surface area contributed by atoms with Crippen LogP contribution in [-0.4, -0.2) is 36.3 Å². The number of likely N-dealkylation sites (N-methyl/N-ethyl adjacent to an activating group) is 1. The Balaban J connectivity index is 2.06. The van der Waals surface area contributed by atoms with Gasteiger partial charge in [0.05, 0.1) is 7.11 Å². The maximum absolute atomic E-state index is 12.0. The van der Waals surface area contributed by atoms with Crippen LogP contribution in [0.4, 0.5) is 0 Å². The van der Waals surface area contributed by atoms with Crippen molar-refractivity contribution in [2.24, 2.45) is 0 Å². The predicted molar refractivity (Wildman–Crippen MR) is 77.3 cm³/mol. The number of nitrogens with zero attached hydrogens (tertiary/aromatic N) is 1. The van der Waals surface area contributed by atoms with Crippen molar-refractivity contribution in [3.05, 3.63) is 48.0 Å². The van der Waals surface area contributed by atoms with Crippen LogP contribution in [0.5, 0.6) is 5.75 Å². The number of hydrogen-bond donors (Lipinski definition) is 1. The number of rotatable bonds is 2. The number of ether oxygens (including phenoxy) is 1. The number of amides is 1. The highest BCUT2D eigenvalue weighted by atomic mass is 16.5. The average Bonchev–Trinajstić information content (AvgIpc) is 2.74. The molecule has 4 nitrogen and oxygen atoms in total. The fourth-order valence-corrected chi connectivity index (χ4v) is 2.38. The monoisotopic (exact) mass is 269 g/mol. The van der Waals surface area contributed by atoms with E-state index in [9.17, 15) is 9.90 Å². The number of benzene rings is 2. The molecular formula is C16H15NO3. The molecule has 102 valence electrons. The third-order valence-corrected chi connectivity index (χ3v) is 3.62. The summed E-state index contributed by atoms with van der Waals surface area (Å²) >= 11 is 0. The third-order valence-electron chi connectivity index (χ3n) is 3.62. The zero-order valence-electron chi connectivity index (χ0n) is 11.3. The van der Waals surface area contributed by atoms with Crippen molar-refractivity contribution >= 4 is 22.3 Å². The summed E-state index contributed by atoms with van der Waals surface area (Å²) in [7, 11) is 3.22. The van der Waals surface area contributed by atoms with E-state index in [0.29, 0.717) is 5.57 Å². The molecule has 0 bridgehead atoms. The van der Waals surface area contributed by atoms with Crippen LogP contribution < -0.4 is 4.74 Å². The minimum absolute atomic E-state index is 0.162. The van der Waals surface area contributed by atoms with Gasteiger partial charge in [-0.2, -0.15) is 0 Å². The molecule has 0 spiro atoms. The van der Waals surface area contributed by atoms with Crippen molar-refractivity contribution in [2.45, 2.75) is 6.23 Å². The fourth-order valence-electron chi connectivity index (χ4n) is 2.38. The van der Waals surface area contributed by atoms with Gasteiger partial charge in [-0.25, -0.2) is 0 Å². The molecule has 1 aliphatic heterocycles. The molecule has 0 fully saturated rings. The molecule has 0 saturated heterocycles. The van der Waals surface area contributed by atoms with Crippen molar-refractivity contribution in [1.29, 1.82) is 0 Å². The molecule has 0 radical (unpaired) electrons. The van der Waals surface area contributed by atoms with Crippen LogP contribution in [-0.2, 0) is 4.79 Å². The lowest BCUT2D eigenvalue weighted by Gasteiger charge is -2.13. The Morgan fingerprint density at radius 2 is 1.85 bits per heavy atom. The van der Waals surface area contributed by atoms with Gasteiger partial charge in [0.15, 0.2) is 0 Å². The summed E-state index contributed by atoms with van der Waals surface area (Å²) in [6, 6.07) is 11.6. The first-order valence-corrected chi connectivity index (χ1v) is 6.35. The first kappa shape index (κ1) is 12.7. The Labute approximate surface area is 116 Å². The lowest BCUT2D eigenvalue weighted by atomic mass is 10.0. The normalized spacial score (nSPS) is 18.6. The molecule has 0 saturated carbocycles. The van der Waals surface area contributed by atoms with E-state index in [0.717, 1.165) is 22.1 Å². The smallest absolute Gasteiger partial charge is 0.256 e. The zero-order valence-corrected chi connectivity index (χ0v) is 11.3. The van der Waals surface area contributed by atoms with E-state index >= 15 is 0 Å². The van der Waals surface area contributed by atoms with E-state index in [4.69, 9.17) is 4.74 Å². The molecule has 4 heteroatoms. The molecule has 1 aliphatic rings. The first-order valence-electron chi connectivity index (χ1n) is 6.35. The molecule has 2 aromatic carbocycles. The second-order valence-electron chi connectivity index (χ2n) is 4.84. The highest BCUT2D eigenvalue weighted by Crippen LogP contribution is 2.28. The summed E-state index contributed by atoms with van der Waals surface area (Å²) in [4.78, 5) is 13.3. The molecule has 1 amide bonds. The van der Waals surface area contributed by atoms with Crippen LogP contribution in [0, 0.1) is 0 Å². The van der Waals surface area contributed by atoms with Gasteiger partial charge >= 0.3 is 0 Å². The summed E-state index contributed by atoms with van der Waals surface area (Å²) in [5.41, 5.74) is 1.36. The molecule has 1 heterocycles. The molecule has 1 unspecified atom stereocenters. The van der Waals surface area contributed by atoms with Crippen LogP contribution in [0.15, 0.2) is 42.5 Å². The average molecular weight is 269 g/mol. The minimum Gasteiger partial charge on any atom is -0.497 e. The van der Waals surface area contributed by atoms with E-state index in [1.54, 1.807) is 20.2 Å². The van der Waals surface area contributed by atoms with Crippen molar-refractivity contribution < 1.29 is 14.6 Å². The van der Waals surface area contributed by atoms with Gasteiger partial charge < -0.3 is 14.7 Å². The van der Waals surface area contributed by atoms with E-state index in [-0.39, 0.29) is 5.91 Å². The fraction of sp³-hybridized carbons (Fsp3) is 0.188. The van der Waals surface area contributed by atoms with E-state index in [1.165, 1.54) is 4.90 Å². The topological polar surface area (TPSA) is 49.8 Å². The van der Waals surface area contributed by atoms with Crippen molar-refractivity contribution in [3.8, 4) is 5.75 Å². The standard InChI is InChI=1S/C16H15NO3/c1-17-15(18)9-14(16(17)19)12-4-3-11-8-13(20-2)6-5-10(11)7-12/h3-9,15,18H,1-2H3. The van der Waals surface area contributed by atoms with E-state index in [2.05, 4.69) is 0 Å². The SMILES string of the molecule is COc1ccc2cc(C3=CC(O)N(C)C3=O)ccc2c1. The quantitative estimate of drug-likeness (QED) is 0.907. The van der Waals surface area contributed by atoms with Crippen LogP contribution in [0.2, 0.25) is 0 Å². The second-order valence-corrected chi connectivity index (χ2v) is 4.84. The van der Waals surface area contributed by atoms with Crippen molar-refractivity contribution in [3.63, 3.8) is 0 Å². The Morgan fingerprint density at radius 3 is 2.50 bits per heavy atom. The molecule has 0 aliphatic carbocycles. The van der Waals surface area contributed by atoms with Crippen LogP contribution in [0.3, 0.4) is 0 Å². The maximum Gasteiger partial charge on any atom is 0.256 e. The minimum atomic E-state index is -0.843. The molecule has 2 aromatic rings. The lowest BCUT2D eigenvalue weighted by molar-refractivity contribution is -0.127. The lowest BCUT2D eigenvalue weighted by Crippen LogP contribution is -2.29. The second kappa shape index (κ2) is 4.65. The molecule has 20 heavy (non-hydrogen) atoms. The van der Waals surface area contributed by atoms with Crippen molar-refractivity contribution in [2.75, 3.05) is 14.2 Å². The van der Waals surface area contributed by atoms with Gasteiger partial charge in [-0.15, -0.1) is 0 Å². The Hall–Kier alpha value is -2.33. The Kier molecular flexibility index (Phi) is 2.95. The summed E-state index contributed by atoms with van der Waals surface area (Å²) in [6.07, 6.45) is 0.733. The molecule has 1 atom stereocenters. The number of aliphatic hydroxyl groups excluding tert-OH is 1. The predicted octanol–water partition coefficient (Wildman–Crippen LogP) is 2.02. The van der Waals surface area contributed by atoms with E-state index in [1.807, 2.05) is 36.4 Å².